The van der Waals surface area contributed by atoms with Crippen molar-refractivity contribution in [3.63, 3.8) is 0 Å². The molecule has 0 amide bonds. The molecule has 0 unspecified atom stereocenters. The van der Waals surface area contributed by atoms with E-state index in [1.54, 1.807) is 22.9 Å². The Morgan fingerprint density at radius 1 is 1.15 bits per heavy atom. The first-order valence-electron chi connectivity index (χ1n) is 14.1. The van der Waals surface area contributed by atoms with Gasteiger partial charge in [-0.3, -0.25) is 9.48 Å². The van der Waals surface area contributed by atoms with Crippen LogP contribution >= 0.6 is 0 Å². The smallest absolute Gasteiger partial charge is 0.240 e. The largest absolute Gasteiger partial charge is 0.352 e. The first-order valence-corrected chi connectivity index (χ1v) is 15.6. The Hall–Kier alpha value is -3.41. The molecule has 41 heavy (non-hydrogen) atoms. The van der Waals surface area contributed by atoms with Crippen LogP contribution in [0, 0.1) is 17.7 Å². The minimum absolute atomic E-state index is 0.152. The monoisotopic (exact) mass is 580 g/mol. The van der Waals surface area contributed by atoms with E-state index in [1.165, 1.54) is 19.1 Å². The number of fused-ring (bicyclic) bond motifs is 1. The van der Waals surface area contributed by atoms with E-state index in [4.69, 9.17) is 0 Å². The summed E-state index contributed by atoms with van der Waals surface area (Å²) in [5, 5.41) is 9.21. The summed E-state index contributed by atoms with van der Waals surface area (Å²) >= 11 is 0. The van der Waals surface area contributed by atoms with Gasteiger partial charge in [0.25, 0.3) is 0 Å². The highest BCUT2D eigenvalue weighted by Crippen LogP contribution is 2.32. The molecule has 0 saturated carbocycles. The van der Waals surface area contributed by atoms with Crippen molar-refractivity contribution in [1.29, 1.82) is 0 Å². The third kappa shape index (κ3) is 6.91. The summed E-state index contributed by atoms with van der Waals surface area (Å²) in [6.07, 6.45) is 4.65. The summed E-state index contributed by atoms with van der Waals surface area (Å²) in [5.41, 5.74) is 3.31. The van der Waals surface area contributed by atoms with Crippen LogP contribution in [0.2, 0.25) is 0 Å². The Morgan fingerprint density at radius 3 is 2.56 bits per heavy atom. The quantitative estimate of drug-likeness (QED) is 0.250. The Kier molecular flexibility index (Phi) is 8.67. The molecule has 0 atom stereocenters. The molecule has 1 aliphatic rings. The van der Waals surface area contributed by atoms with E-state index in [2.05, 4.69) is 38.8 Å². The molecule has 4 aromatic rings. The molecule has 0 aliphatic carbocycles. The van der Waals surface area contributed by atoms with Gasteiger partial charge in [-0.15, -0.1) is 5.10 Å². The zero-order valence-electron chi connectivity index (χ0n) is 23.7. The molecule has 1 fully saturated rings. The van der Waals surface area contributed by atoms with Gasteiger partial charge in [-0.25, -0.2) is 17.5 Å². The normalized spacial score (nSPS) is 15.2. The zero-order valence-corrected chi connectivity index (χ0v) is 24.5. The van der Waals surface area contributed by atoms with E-state index in [0.29, 0.717) is 64.2 Å². The van der Waals surface area contributed by atoms with Crippen LogP contribution in [-0.2, 0) is 23.0 Å². The number of hydrogen-bond acceptors (Lipinski definition) is 6. The maximum atomic E-state index is 14.0. The van der Waals surface area contributed by atoms with Crippen molar-refractivity contribution in [3.8, 4) is 11.3 Å². The number of benzene rings is 2. The lowest BCUT2D eigenvalue weighted by molar-refractivity contribution is 0.101. The van der Waals surface area contributed by atoms with Crippen LogP contribution in [0.15, 0.2) is 53.6 Å². The Morgan fingerprint density at radius 2 is 1.88 bits per heavy atom. The van der Waals surface area contributed by atoms with E-state index >= 15 is 0 Å². The fraction of sp³-hybridized carbons (Fsp3) is 0.433. The van der Waals surface area contributed by atoms with Crippen molar-refractivity contribution in [2.24, 2.45) is 11.8 Å². The number of aromatic amines is 1. The predicted molar refractivity (Wildman–Crippen MR) is 157 cm³/mol. The van der Waals surface area contributed by atoms with Crippen molar-refractivity contribution in [2.45, 2.75) is 51.5 Å². The van der Waals surface area contributed by atoms with Crippen molar-refractivity contribution >= 4 is 26.7 Å². The second-order valence-electron chi connectivity index (χ2n) is 11.4. The Bertz CT molecular complexity index is 1620. The lowest BCUT2D eigenvalue weighted by Gasteiger charge is -2.31. The van der Waals surface area contributed by atoms with E-state index < -0.39 is 10.0 Å². The van der Waals surface area contributed by atoms with Crippen LogP contribution in [-0.4, -0.2) is 65.3 Å². The maximum Gasteiger partial charge on any atom is 0.240 e. The van der Waals surface area contributed by atoms with Crippen LogP contribution in [0.3, 0.4) is 0 Å². The second kappa shape index (κ2) is 12.2. The summed E-state index contributed by atoms with van der Waals surface area (Å²) in [6.45, 7) is 9.18. The molecule has 1 aliphatic heterocycles. The number of H-pyrrole nitrogens is 1. The third-order valence-corrected chi connectivity index (χ3v) is 9.13. The topological polar surface area (TPSA) is 113 Å². The van der Waals surface area contributed by atoms with Gasteiger partial charge in [0.15, 0.2) is 5.78 Å². The molecular formula is C30H37FN6O3S. The van der Waals surface area contributed by atoms with E-state index in [9.17, 15) is 17.6 Å². The molecule has 2 N–H and O–H groups in total. The lowest BCUT2D eigenvalue weighted by atomic mass is 9.97. The number of carbonyl (C=O) groups is 1. The minimum Gasteiger partial charge on any atom is -0.352 e. The van der Waals surface area contributed by atoms with Crippen LogP contribution in [0.4, 0.5) is 4.39 Å². The predicted octanol–water partition coefficient (Wildman–Crippen LogP) is 4.66. The fourth-order valence-corrected chi connectivity index (χ4v) is 6.57. The number of rotatable bonds is 11. The molecule has 3 heterocycles. The summed E-state index contributed by atoms with van der Waals surface area (Å²) in [7, 11) is -3.54. The van der Waals surface area contributed by atoms with Gasteiger partial charge in [-0.05, 0) is 80.1 Å². The first-order chi connectivity index (χ1) is 19.6. The van der Waals surface area contributed by atoms with E-state index in [-0.39, 0.29) is 11.6 Å². The van der Waals surface area contributed by atoms with Crippen molar-refractivity contribution in [2.75, 3.05) is 26.2 Å². The molecular weight excluding hydrogens is 543 g/mol. The standard InChI is InChI=1S/C30H37FN6O3S/c1-20(2)16-22-4-7-25(8-5-22)41(39,40)32-12-15-36-13-10-23(11-14-36)18-37-19-28(34-35-37)29-26-17-24(31)6-9-27(26)33-30(29)21(3)38/h4-9,17,19-20,23,32-33H,10-16,18H2,1-3H3. The maximum absolute atomic E-state index is 14.0. The molecule has 0 radical (unpaired) electrons. The highest BCUT2D eigenvalue weighted by Gasteiger charge is 2.23. The number of halogens is 1. The van der Waals surface area contributed by atoms with Crippen molar-refractivity contribution < 1.29 is 17.6 Å². The summed E-state index contributed by atoms with van der Waals surface area (Å²) < 4.78 is 43.9. The van der Waals surface area contributed by atoms with E-state index in [1.807, 2.05) is 18.3 Å². The van der Waals surface area contributed by atoms with Gasteiger partial charge < -0.3 is 9.88 Å². The molecule has 9 nitrogen and oxygen atoms in total. The van der Waals surface area contributed by atoms with Crippen LogP contribution in [0.1, 0.15) is 49.7 Å². The highest BCUT2D eigenvalue weighted by molar-refractivity contribution is 7.89. The molecule has 0 spiro atoms. The number of Topliss-reactive ketones (excluding diaryl/α,β-unsaturated/α-hetero) is 1. The fourth-order valence-electron chi connectivity index (χ4n) is 5.55. The zero-order chi connectivity index (χ0) is 29.1. The number of hydrogen-bond donors (Lipinski definition) is 2. The van der Waals surface area contributed by atoms with Gasteiger partial charge in [0.05, 0.1) is 16.8 Å². The Balaban J connectivity index is 1.12. The molecule has 11 heteroatoms. The molecule has 2 aromatic heterocycles. The van der Waals surface area contributed by atoms with E-state index in [0.717, 1.165) is 37.9 Å². The minimum atomic E-state index is -3.54. The third-order valence-electron chi connectivity index (χ3n) is 7.66. The summed E-state index contributed by atoms with van der Waals surface area (Å²) in [4.78, 5) is 17.9. The SMILES string of the molecule is CC(=O)c1[nH]c2ccc(F)cc2c1-c1cn(CC2CCN(CCNS(=O)(=O)c3ccc(CC(C)C)cc3)CC2)nn1. The number of ketones is 1. The molecule has 2 aromatic carbocycles. The number of nitrogens with one attached hydrogen (secondary N) is 2. The second-order valence-corrected chi connectivity index (χ2v) is 13.1. The van der Waals surface area contributed by atoms with Gasteiger partial charge in [-0.2, -0.15) is 0 Å². The number of aromatic nitrogens is 4. The first kappa shape index (κ1) is 29.1. The molecule has 0 bridgehead atoms. The van der Waals surface area contributed by atoms with Crippen molar-refractivity contribution in [3.05, 3.63) is 65.7 Å². The van der Waals surface area contributed by atoms with Crippen LogP contribution < -0.4 is 4.72 Å². The van der Waals surface area contributed by atoms with Crippen LogP contribution in [0.5, 0.6) is 0 Å². The number of carbonyl (C=O) groups excluding carboxylic acids is 1. The number of sulfonamides is 1. The summed E-state index contributed by atoms with van der Waals surface area (Å²) in [6, 6.07) is 11.5. The highest BCUT2D eigenvalue weighted by atomic mass is 32.2. The average Bonchev–Trinajstić information content (AvgIpc) is 3.53. The molecule has 218 valence electrons. The number of nitrogens with zero attached hydrogens (tertiary/aromatic N) is 4. The van der Waals surface area contributed by atoms with Gasteiger partial charge >= 0.3 is 0 Å². The lowest BCUT2D eigenvalue weighted by Crippen LogP contribution is -2.40. The van der Waals surface area contributed by atoms with Crippen LogP contribution in [0.25, 0.3) is 22.2 Å². The number of piperidine rings is 1. The summed E-state index contributed by atoms with van der Waals surface area (Å²) in [5.74, 6) is 0.386. The van der Waals surface area contributed by atoms with Gasteiger partial charge in [0.2, 0.25) is 10.0 Å². The number of likely N-dealkylation sites (tertiary alicyclic amines) is 1. The molecule has 1 saturated heterocycles. The Labute approximate surface area is 240 Å². The van der Waals surface area contributed by atoms with Gasteiger partial charge in [0, 0.05) is 43.0 Å². The van der Waals surface area contributed by atoms with Gasteiger partial charge in [0.1, 0.15) is 11.5 Å². The molecule has 5 rings (SSSR count). The van der Waals surface area contributed by atoms with Gasteiger partial charge in [-0.1, -0.05) is 31.2 Å². The van der Waals surface area contributed by atoms with Crippen molar-refractivity contribution in [1.82, 2.24) is 29.6 Å². The average molecular weight is 581 g/mol.